The molecular formula is C27H31N5O3. The molecule has 35 heavy (non-hydrogen) atoms. The van der Waals surface area contributed by atoms with Crippen LogP contribution in [0, 0.1) is 18.8 Å². The van der Waals surface area contributed by atoms with Crippen molar-refractivity contribution in [2.45, 2.75) is 45.1 Å². The molecule has 0 amide bonds. The Morgan fingerprint density at radius 3 is 2.66 bits per heavy atom. The van der Waals surface area contributed by atoms with Gasteiger partial charge in [0.05, 0.1) is 40.6 Å². The number of rotatable bonds is 6. The molecule has 0 radical (unpaired) electrons. The Hall–Kier alpha value is -3.26. The molecule has 1 aliphatic heterocycles. The third-order valence-corrected chi connectivity index (χ3v) is 7.74. The third-order valence-electron chi connectivity index (χ3n) is 7.74. The van der Waals surface area contributed by atoms with E-state index in [1.807, 2.05) is 38.4 Å². The topological polar surface area (TPSA) is 84.1 Å². The van der Waals surface area contributed by atoms with Crippen LogP contribution in [0.1, 0.15) is 54.2 Å². The van der Waals surface area contributed by atoms with E-state index in [2.05, 4.69) is 20.9 Å². The fraction of sp³-hybridized carbons (Fsp3) is 0.481. The first-order valence-corrected chi connectivity index (χ1v) is 12.5. The quantitative estimate of drug-likeness (QED) is 0.372. The highest BCUT2D eigenvalue weighted by Crippen LogP contribution is 2.45. The molecule has 3 aromatic heterocycles. The Morgan fingerprint density at radius 1 is 1.17 bits per heavy atom. The van der Waals surface area contributed by atoms with Gasteiger partial charge in [-0.05, 0) is 62.3 Å². The average Bonchev–Trinajstić information content (AvgIpc) is 3.57. The SMILES string of the molecule is COC(=O)c1ccc2c3ncc(-c4c(C)nnn4C)cc3n(C(CC3CC3)C3CCOCC3)c2c1. The highest BCUT2D eigenvalue weighted by molar-refractivity contribution is 6.08. The summed E-state index contributed by atoms with van der Waals surface area (Å²) in [5, 5.41) is 9.51. The van der Waals surface area contributed by atoms with Crippen LogP contribution in [0.25, 0.3) is 33.2 Å². The van der Waals surface area contributed by atoms with Gasteiger partial charge in [-0.25, -0.2) is 9.48 Å². The summed E-state index contributed by atoms with van der Waals surface area (Å²) in [4.78, 5) is 17.4. The molecule has 4 heterocycles. The number of methoxy groups -OCH3 is 1. The van der Waals surface area contributed by atoms with Crippen LogP contribution in [-0.2, 0) is 16.5 Å². The number of pyridine rings is 1. The van der Waals surface area contributed by atoms with E-state index < -0.39 is 0 Å². The summed E-state index contributed by atoms with van der Waals surface area (Å²) in [5.41, 5.74) is 6.51. The van der Waals surface area contributed by atoms with Crippen molar-refractivity contribution in [3.05, 3.63) is 41.7 Å². The minimum Gasteiger partial charge on any atom is -0.465 e. The fourth-order valence-electron chi connectivity index (χ4n) is 5.80. The summed E-state index contributed by atoms with van der Waals surface area (Å²) in [7, 11) is 3.34. The Labute approximate surface area is 204 Å². The van der Waals surface area contributed by atoms with Crippen LogP contribution in [0.2, 0.25) is 0 Å². The molecule has 1 unspecified atom stereocenters. The van der Waals surface area contributed by atoms with Crippen molar-refractivity contribution in [3.63, 3.8) is 0 Å². The van der Waals surface area contributed by atoms with E-state index in [0.717, 1.165) is 77.3 Å². The fourth-order valence-corrected chi connectivity index (χ4v) is 5.80. The van der Waals surface area contributed by atoms with Gasteiger partial charge in [-0.2, -0.15) is 0 Å². The number of esters is 1. The molecule has 1 aromatic carbocycles. The number of hydrogen-bond donors (Lipinski definition) is 0. The number of carbonyl (C=O) groups excluding carboxylic acids is 1. The Morgan fingerprint density at radius 2 is 1.97 bits per heavy atom. The minimum atomic E-state index is -0.321. The summed E-state index contributed by atoms with van der Waals surface area (Å²) in [5.74, 6) is 0.964. The van der Waals surface area contributed by atoms with Gasteiger partial charge in [0.1, 0.15) is 0 Å². The van der Waals surface area contributed by atoms with Crippen molar-refractivity contribution in [2.24, 2.45) is 18.9 Å². The van der Waals surface area contributed by atoms with Gasteiger partial charge in [-0.15, -0.1) is 5.10 Å². The Kier molecular flexibility index (Phi) is 5.56. The predicted octanol–water partition coefficient (Wildman–Crippen LogP) is 4.85. The smallest absolute Gasteiger partial charge is 0.337 e. The second kappa shape index (κ2) is 8.75. The lowest BCUT2D eigenvalue weighted by atomic mass is 9.88. The number of aryl methyl sites for hydroxylation is 2. The molecular weight excluding hydrogens is 442 g/mol. The molecule has 2 aliphatic rings. The van der Waals surface area contributed by atoms with Gasteiger partial charge in [0.15, 0.2) is 0 Å². The van der Waals surface area contributed by atoms with Gasteiger partial charge < -0.3 is 14.0 Å². The normalized spacial score (nSPS) is 17.8. The molecule has 8 nitrogen and oxygen atoms in total. The summed E-state index contributed by atoms with van der Waals surface area (Å²) in [6.45, 7) is 3.59. The molecule has 1 saturated carbocycles. The monoisotopic (exact) mass is 473 g/mol. The standard InChI is InChI=1S/C27H31N5O3/c1-16-26(31(2)30-29-16)20-14-24-25(28-15-20)21-7-6-19(27(33)34-3)13-23(21)32(24)22(12-17-4-5-17)18-8-10-35-11-9-18/h6-7,13-15,17-18,22H,4-5,8-12H2,1-3H3. The maximum Gasteiger partial charge on any atom is 0.337 e. The van der Waals surface area contributed by atoms with Crippen LogP contribution in [0.3, 0.4) is 0 Å². The molecule has 2 fully saturated rings. The van der Waals surface area contributed by atoms with E-state index in [9.17, 15) is 4.79 Å². The maximum atomic E-state index is 12.4. The zero-order valence-electron chi connectivity index (χ0n) is 20.5. The van der Waals surface area contributed by atoms with Gasteiger partial charge >= 0.3 is 5.97 Å². The second-order valence-electron chi connectivity index (χ2n) is 10.0. The van der Waals surface area contributed by atoms with E-state index >= 15 is 0 Å². The number of nitrogens with zero attached hydrogens (tertiary/aromatic N) is 5. The lowest BCUT2D eigenvalue weighted by molar-refractivity contribution is 0.0475. The van der Waals surface area contributed by atoms with Gasteiger partial charge in [-0.1, -0.05) is 18.1 Å². The zero-order chi connectivity index (χ0) is 24.1. The van der Waals surface area contributed by atoms with Crippen molar-refractivity contribution in [2.75, 3.05) is 20.3 Å². The van der Waals surface area contributed by atoms with E-state index in [-0.39, 0.29) is 5.97 Å². The molecule has 1 aliphatic carbocycles. The van der Waals surface area contributed by atoms with Crippen LogP contribution in [0.4, 0.5) is 0 Å². The molecule has 0 spiro atoms. The van der Waals surface area contributed by atoms with Crippen molar-refractivity contribution >= 4 is 27.9 Å². The van der Waals surface area contributed by atoms with Crippen molar-refractivity contribution < 1.29 is 14.3 Å². The largest absolute Gasteiger partial charge is 0.465 e. The first kappa shape index (κ1) is 22.2. The number of hydrogen-bond acceptors (Lipinski definition) is 6. The van der Waals surface area contributed by atoms with E-state index in [1.165, 1.54) is 20.0 Å². The van der Waals surface area contributed by atoms with Crippen LogP contribution >= 0.6 is 0 Å². The van der Waals surface area contributed by atoms with Crippen molar-refractivity contribution in [1.82, 2.24) is 24.5 Å². The second-order valence-corrected chi connectivity index (χ2v) is 10.0. The lowest BCUT2D eigenvalue weighted by Gasteiger charge is -2.33. The molecule has 6 rings (SSSR count). The van der Waals surface area contributed by atoms with E-state index in [0.29, 0.717) is 17.5 Å². The molecule has 8 heteroatoms. The number of aromatic nitrogens is 5. The van der Waals surface area contributed by atoms with Crippen molar-refractivity contribution in [1.29, 1.82) is 0 Å². The number of benzene rings is 1. The zero-order valence-corrected chi connectivity index (χ0v) is 20.5. The average molecular weight is 474 g/mol. The Bertz CT molecular complexity index is 1390. The number of fused-ring (bicyclic) bond motifs is 3. The van der Waals surface area contributed by atoms with Gasteiger partial charge in [0, 0.05) is 43.4 Å². The number of carbonyl (C=O) groups is 1. The summed E-state index contributed by atoms with van der Waals surface area (Å²) in [6.07, 6.45) is 7.75. The summed E-state index contributed by atoms with van der Waals surface area (Å²) >= 11 is 0. The van der Waals surface area contributed by atoms with Crippen LogP contribution < -0.4 is 0 Å². The van der Waals surface area contributed by atoms with Crippen LogP contribution in [0.5, 0.6) is 0 Å². The highest BCUT2D eigenvalue weighted by Gasteiger charge is 2.34. The van der Waals surface area contributed by atoms with Gasteiger partial charge in [0.2, 0.25) is 0 Å². The molecule has 1 saturated heterocycles. The molecule has 0 bridgehead atoms. The van der Waals surface area contributed by atoms with Crippen LogP contribution in [-0.4, -0.2) is 50.8 Å². The van der Waals surface area contributed by atoms with Gasteiger partial charge in [-0.3, -0.25) is 4.98 Å². The molecule has 1 atom stereocenters. The lowest BCUT2D eigenvalue weighted by Crippen LogP contribution is -2.26. The minimum absolute atomic E-state index is 0.321. The van der Waals surface area contributed by atoms with Crippen LogP contribution in [0.15, 0.2) is 30.5 Å². The van der Waals surface area contributed by atoms with E-state index in [4.69, 9.17) is 14.5 Å². The maximum absolute atomic E-state index is 12.4. The first-order valence-electron chi connectivity index (χ1n) is 12.5. The van der Waals surface area contributed by atoms with E-state index in [1.54, 1.807) is 4.68 Å². The summed E-state index contributed by atoms with van der Waals surface area (Å²) in [6, 6.07) is 8.39. The predicted molar refractivity (Wildman–Crippen MR) is 133 cm³/mol. The van der Waals surface area contributed by atoms with Crippen molar-refractivity contribution in [3.8, 4) is 11.3 Å². The van der Waals surface area contributed by atoms with Gasteiger partial charge in [0.25, 0.3) is 0 Å². The first-order chi connectivity index (χ1) is 17.0. The number of ether oxygens (including phenoxy) is 2. The highest BCUT2D eigenvalue weighted by atomic mass is 16.5. The molecule has 0 N–H and O–H groups in total. The molecule has 182 valence electrons. The summed E-state index contributed by atoms with van der Waals surface area (Å²) < 4.78 is 15.1. The Balaban J connectivity index is 1.61. The molecule has 4 aromatic rings. The third kappa shape index (κ3) is 3.89.